The topological polar surface area (TPSA) is 95.6 Å². The van der Waals surface area contributed by atoms with Crippen LogP contribution in [0.3, 0.4) is 0 Å². The van der Waals surface area contributed by atoms with E-state index >= 15 is 0 Å². The summed E-state index contributed by atoms with van der Waals surface area (Å²) in [6.45, 7) is 9.37. The van der Waals surface area contributed by atoms with Crippen LogP contribution in [0.15, 0.2) is 36.0 Å². The van der Waals surface area contributed by atoms with Gasteiger partial charge in [0.25, 0.3) is 11.8 Å². The Hall–Kier alpha value is -2.54. The first kappa shape index (κ1) is 20.5. The summed E-state index contributed by atoms with van der Waals surface area (Å²) in [5.74, 6) is -2.05. The SMILES string of the molecule is C=C/C=C1/C(=O)N(C2CCC(=O)NC2=O)C(=O)/C1=C/C.CNC(C)C. The van der Waals surface area contributed by atoms with Crippen molar-refractivity contribution in [3.63, 3.8) is 0 Å². The zero-order valence-electron chi connectivity index (χ0n) is 15.1. The Labute approximate surface area is 147 Å². The lowest BCUT2D eigenvalue weighted by atomic mass is 10.0. The summed E-state index contributed by atoms with van der Waals surface area (Å²) in [7, 11) is 1.95. The first-order valence-corrected chi connectivity index (χ1v) is 8.16. The van der Waals surface area contributed by atoms with Gasteiger partial charge in [0.1, 0.15) is 6.04 Å². The maximum absolute atomic E-state index is 12.3. The van der Waals surface area contributed by atoms with Crippen LogP contribution in [0.5, 0.6) is 0 Å². The van der Waals surface area contributed by atoms with Gasteiger partial charge in [-0.15, -0.1) is 0 Å². The van der Waals surface area contributed by atoms with E-state index in [1.807, 2.05) is 7.05 Å². The second-order valence-corrected chi connectivity index (χ2v) is 5.91. The molecule has 1 unspecified atom stereocenters. The molecule has 0 aliphatic carbocycles. The van der Waals surface area contributed by atoms with Crippen LogP contribution < -0.4 is 10.6 Å². The van der Waals surface area contributed by atoms with E-state index < -0.39 is 29.7 Å². The molecule has 0 bridgehead atoms. The predicted octanol–water partition coefficient (Wildman–Crippen LogP) is 0.833. The molecule has 0 aromatic carbocycles. The van der Waals surface area contributed by atoms with Crippen LogP contribution in [-0.2, 0) is 19.2 Å². The van der Waals surface area contributed by atoms with E-state index in [4.69, 9.17) is 0 Å². The summed E-state index contributed by atoms with van der Waals surface area (Å²) in [6.07, 6.45) is 4.65. The monoisotopic (exact) mass is 347 g/mol. The van der Waals surface area contributed by atoms with E-state index in [-0.39, 0.29) is 24.0 Å². The zero-order chi connectivity index (χ0) is 19.1. The summed E-state index contributed by atoms with van der Waals surface area (Å²) in [6, 6.07) is -0.298. The Balaban J connectivity index is 0.000000550. The van der Waals surface area contributed by atoms with Gasteiger partial charge in [0.2, 0.25) is 11.8 Å². The number of carbonyl (C=O) groups is 4. The van der Waals surface area contributed by atoms with E-state index in [1.54, 1.807) is 6.92 Å². The summed E-state index contributed by atoms with van der Waals surface area (Å²) in [5.41, 5.74) is 0.469. The van der Waals surface area contributed by atoms with Crippen LogP contribution >= 0.6 is 0 Å². The molecule has 25 heavy (non-hydrogen) atoms. The predicted molar refractivity (Wildman–Crippen MR) is 94.3 cm³/mol. The zero-order valence-corrected chi connectivity index (χ0v) is 15.1. The quantitative estimate of drug-likeness (QED) is 0.582. The number of carbonyl (C=O) groups excluding carboxylic acids is 4. The molecule has 2 rings (SSSR count). The van der Waals surface area contributed by atoms with Crippen molar-refractivity contribution in [3.05, 3.63) is 36.0 Å². The van der Waals surface area contributed by atoms with Crippen LogP contribution in [0.1, 0.15) is 33.6 Å². The van der Waals surface area contributed by atoms with Gasteiger partial charge < -0.3 is 5.32 Å². The van der Waals surface area contributed by atoms with E-state index in [0.29, 0.717) is 6.04 Å². The summed E-state index contributed by atoms with van der Waals surface area (Å²) < 4.78 is 0. The maximum atomic E-state index is 12.3. The number of nitrogens with zero attached hydrogens (tertiary/aromatic N) is 1. The number of imide groups is 2. The van der Waals surface area contributed by atoms with Crippen molar-refractivity contribution in [2.24, 2.45) is 0 Å². The highest BCUT2D eigenvalue weighted by molar-refractivity contribution is 6.26. The van der Waals surface area contributed by atoms with Crippen molar-refractivity contribution in [1.82, 2.24) is 15.5 Å². The second-order valence-electron chi connectivity index (χ2n) is 5.91. The third-order valence-electron chi connectivity index (χ3n) is 3.86. The number of nitrogens with one attached hydrogen (secondary N) is 2. The lowest BCUT2D eigenvalue weighted by Crippen LogP contribution is -2.54. The van der Waals surface area contributed by atoms with Crippen LogP contribution in [0.25, 0.3) is 0 Å². The van der Waals surface area contributed by atoms with E-state index in [0.717, 1.165) is 4.90 Å². The molecule has 2 aliphatic heterocycles. The number of rotatable bonds is 3. The smallest absolute Gasteiger partial charge is 0.262 e. The molecule has 7 heteroatoms. The highest BCUT2D eigenvalue weighted by atomic mass is 16.2. The molecule has 7 nitrogen and oxygen atoms in total. The van der Waals surface area contributed by atoms with Crippen molar-refractivity contribution in [3.8, 4) is 0 Å². The molecule has 136 valence electrons. The van der Waals surface area contributed by atoms with E-state index in [2.05, 4.69) is 31.1 Å². The molecule has 1 atom stereocenters. The van der Waals surface area contributed by atoms with Crippen LogP contribution in [0.2, 0.25) is 0 Å². The first-order valence-electron chi connectivity index (χ1n) is 8.16. The molecule has 2 N–H and O–H groups in total. The normalized spacial score (nSPS) is 23.9. The minimum absolute atomic E-state index is 0.110. The Kier molecular flexibility index (Phi) is 7.44. The minimum atomic E-state index is -0.932. The molecule has 0 radical (unpaired) electrons. The van der Waals surface area contributed by atoms with Gasteiger partial charge in [-0.25, -0.2) is 0 Å². The van der Waals surface area contributed by atoms with Gasteiger partial charge >= 0.3 is 0 Å². The molecule has 0 aromatic heterocycles. The van der Waals surface area contributed by atoms with Crippen LogP contribution in [0, 0.1) is 0 Å². The van der Waals surface area contributed by atoms with Crippen molar-refractivity contribution >= 4 is 23.6 Å². The van der Waals surface area contributed by atoms with E-state index in [1.165, 1.54) is 18.2 Å². The molecule has 0 saturated carbocycles. The van der Waals surface area contributed by atoms with Crippen molar-refractivity contribution in [2.75, 3.05) is 7.05 Å². The molecule has 2 aliphatic rings. The number of likely N-dealkylation sites (tertiary alicyclic amines) is 1. The highest BCUT2D eigenvalue weighted by Gasteiger charge is 2.45. The standard InChI is InChI=1S/C14H14N2O4.C4H11N/c1-3-5-9-8(4-2)13(19)16(14(9)20)10-6-7-11(17)15-12(10)18;1-4(2)5-3/h3-5,10H,1,6-7H2,2H3,(H,15,17,18);4-5H,1-3H3/b8-4+,9-5+;. The summed E-state index contributed by atoms with van der Waals surface area (Å²) >= 11 is 0. The fourth-order valence-corrected chi connectivity index (χ4v) is 2.35. The fourth-order valence-electron chi connectivity index (χ4n) is 2.35. The van der Waals surface area contributed by atoms with Crippen molar-refractivity contribution in [2.45, 2.75) is 45.7 Å². The molecular weight excluding hydrogens is 322 g/mol. The molecule has 2 heterocycles. The molecule has 0 aromatic rings. The molecular formula is C18H25N3O4. The molecule has 2 saturated heterocycles. The lowest BCUT2D eigenvalue weighted by Gasteiger charge is -2.27. The van der Waals surface area contributed by atoms with E-state index in [9.17, 15) is 19.2 Å². The Morgan fingerprint density at radius 3 is 2.20 bits per heavy atom. The Bertz CT molecular complexity index is 647. The molecule has 0 spiro atoms. The lowest BCUT2D eigenvalue weighted by molar-refractivity contribution is -0.149. The first-order chi connectivity index (χ1) is 11.8. The van der Waals surface area contributed by atoms with Crippen molar-refractivity contribution in [1.29, 1.82) is 0 Å². The average Bonchev–Trinajstić information content (AvgIpc) is 2.79. The number of hydrogen-bond acceptors (Lipinski definition) is 5. The summed E-state index contributed by atoms with van der Waals surface area (Å²) in [4.78, 5) is 48.4. The second kappa shape index (κ2) is 9.08. The van der Waals surface area contributed by atoms with Gasteiger partial charge in [-0.3, -0.25) is 29.4 Å². The van der Waals surface area contributed by atoms with Gasteiger partial charge in [0.15, 0.2) is 0 Å². The Morgan fingerprint density at radius 2 is 1.76 bits per heavy atom. The van der Waals surface area contributed by atoms with Crippen LogP contribution in [0.4, 0.5) is 0 Å². The molecule has 4 amide bonds. The largest absolute Gasteiger partial charge is 0.318 e. The van der Waals surface area contributed by atoms with Gasteiger partial charge in [-0.05, 0) is 26.5 Å². The number of hydrogen-bond donors (Lipinski definition) is 2. The highest BCUT2D eigenvalue weighted by Crippen LogP contribution is 2.29. The molecule has 2 fully saturated rings. The average molecular weight is 347 g/mol. The van der Waals surface area contributed by atoms with Gasteiger partial charge in [-0.1, -0.05) is 32.6 Å². The fraction of sp³-hybridized carbons (Fsp3) is 0.444. The third kappa shape index (κ3) is 4.73. The number of piperidine rings is 1. The van der Waals surface area contributed by atoms with Crippen LogP contribution in [-0.4, -0.2) is 47.7 Å². The van der Waals surface area contributed by atoms with Gasteiger partial charge in [0.05, 0.1) is 5.57 Å². The minimum Gasteiger partial charge on any atom is -0.318 e. The van der Waals surface area contributed by atoms with Gasteiger partial charge in [0, 0.05) is 18.0 Å². The van der Waals surface area contributed by atoms with Crippen molar-refractivity contribution < 1.29 is 19.2 Å². The Morgan fingerprint density at radius 1 is 1.20 bits per heavy atom. The summed E-state index contributed by atoms with van der Waals surface area (Å²) in [5, 5.41) is 5.17. The van der Waals surface area contributed by atoms with Gasteiger partial charge in [-0.2, -0.15) is 0 Å². The maximum Gasteiger partial charge on any atom is 0.262 e. The number of allylic oxidation sites excluding steroid dienone is 3. The number of amides is 4. The third-order valence-corrected chi connectivity index (χ3v) is 3.86.